The molecule has 5 nitrogen and oxygen atoms in total. The molecule has 23 heavy (non-hydrogen) atoms. The molecule has 7 heteroatoms. The number of esters is 1. The predicted molar refractivity (Wildman–Crippen MR) is 88.5 cm³/mol. The number of halogens is 2. The molecule has 0 fully saturated rings. The average Bonchev–Trinajstić information content (AvgIpc) is 2.46. The lowest BCUT2D eigenvalue weighted by atomic mass is 10.1. The van der Waals surface area contributed by atoms with Gasteiger partial charge in [0.25, 0.3) is 0 Å². The zero-order valence-corrected chi connectivity index (χ0v) is 14.1. The van der Waals surface area contributed by atoms with Gasteiger partial charge >= 0.3 is 5.97 Å². The number of para-hydroxylation sites is 1. The van der Waals surface area contributed by atoms with Crippen LogP contribution in [0, 0.1) is 0 Å². The number of rotatable bonds is 5. The summed E-state index contributed by atoms with van der Waals surface area (Å²) in [5, 5.41) is 0.169. The normalized spacial score (nSPS) is 10.7. The number of hydrogen-bond donors (Lipinski definition) is 0. The maximum Gasteiger partial charge on any atom is 0.343 e. The van der Waals surface area contributed by atoms with E-state index in [0.29, 0.717) is 5.56 Å². The van der Waals surface area contributed by atoms with Crippen molar-refractivity contribution in [2.24, 2.45) is 0 Å². The summed E-state index contributed by atoms with van der Waals surface area (Å²) in [5.74, 6) is -0.626. The highest BCUT2D eigenvalue weighted by Gasteiger charge is 2.17. The monoisotopic (exact) mass is 352 g/mol. The highest BCUT2D eigenvalue weighted by molar-refractivity contribution is 6.33. The number of ether oxygens (including phenoxy) is 1. The molecule has 0 saturated carbocycles. The van der Waals surface area contributed by atoms with Crippen molar-refractivity contribution in [3.63, 3.8) is 0 Å². The van der Waals surface area contributed by atoms with Gasteiger partial charge < -0.3 is 9.64 Å². The first kappa shape index (κ1) is 17.4. The zero-order valence-electron chi connectivity index (χ0n) is 12.5. The van der Waals surface area contributed by atoms with Crippen molar-refractivity contribution < 1.29 is 14.3 Å². The molecule has 0 amide bonds. The van der Waals surface area contributed by atoms with Crippen molar-refractivity contribution in [2.75, 3.05) is 20.6 Å². The van der Waals surface area contributed by atoms with E-state index in [0.717, 1.165) is 0 Å². The third kappa shape index (κ3) is 4.76. The fourth-order valence-electron chi connectivity index (χ4n) is 1.90. The molecule has 120 valence electrons. The van der Waals surface area contributed by atoms with E-state index in [1.165, 1.54) is 12.1 Å². The van der Waals surface area contributed by atoms with Crippen molar-refractivity contribution in [3.8, 4) is 5.75 Å². The Kier molecular flexibility index (Phi) is 5.71. The molecule has 0 aliphatic heterocycles. The van der Waals surface area contributed by atoms with Gasteiger partial charge in [-0.3, -0.25) is 4.79 Å². The van der Waals surface area contributed by atoms with E-state index < -0.39 is 5.97 Å². The van der Waals surface area contributed by atoms with Crippen LogP contribution < -0.4 is 4.74 Å². The lowest BCUT2D eigenvalue weighted by molar-refractivity contribution is 0.0732. The van der Waals surface area contributed by atoms with E-state index in [1.807, 2.05) is 0 Å². The van der Waals surface area contributed by atoms with Crippen molar-refractivity contribution in [1.82, 2.24) is 9.88 Å². The molecule has 0 bridgehead atoms. The van der Waals surface area contributed by atoms with E-state index in [4.69, 9.17) is 27.9 Å². The molecule has 1 aromatic carbocycles. The molecule has 0 N–H and O–H groups in total. The van der Waals surface area contributed by atoms with E-state index in [1.54, 1.807) is 43.3 Å². The second kappa shape index (κ2) is 7.55. The molecule has 0 atom stereocenters. The number of benzene rings is 1. The van der Waals surface area contributed by atoms with Crippen molar-refractivity contribution in [3.05, 3.63) is 57.8 Å². The van der Waals surface area contributed by atoms with Crippen LogP contribution >= 0.6 is 23.2 Å². The fraction of sp³-hybridized carbons (Fsp3) is 0.188. The van der Waals surface area contributed by atoms with Crippen LogP contribution in [0.4, 0.5) is 0 Å². The minimum Gasteiger partial charge on any atom is -0.422 e. The van der Waals surface area contributed by atoms with Gasteiger partial charge in [-0.15, -0.1) is 0 Å². The molecule has 0 unspecified atom stereocenters. The van der Waals surface area contributed by atoms with E-state index in [-0.39, 0.29) is 33.9 Å². The summed E-state index contributed by atoms with van der Waals surface area (Å²) in [6.07, 6.45) is 0. The van der Waals surface area contributed by atoms with Gasteiger partial charge in [0, 0.05) is 0 Å². The third-order valence-electron chi connectivity index (χ3n) is 2.85. The highest BCUT2D eigenvalue weighted by Crippen LogP contribution is 2.22. The molecule has 0 spiro atoms. The Balaban J connectivity index is 2.26. The van der Waals surface area contributed by atoms with Gasteiger partial charge in [0.2, 0.25) is 0 Å². The summed E-state index contributed by atoms with van der Waals surface area (Å²) in [7, 11) is 3.57. The summed E-state index contributed by atoms with van der Waals surface area (Å²) in [4.78, 5) is 29.9. The standard InChI is InChI=1S/C16H14Cl2N2O3/c1-20(2)9-12(21)11-5-3-4-6-13(11)23-16(22)10-7-14(17)19-15(18)8-10/h3-8H,9H2,1-2H3. The van der Waals surface area contributed by atoms with Crippen LogP contribution in [0.15, 0.2) is 36.4 Å². The quantitative estimate of drug-likeness (QED) is 0.357. The van der Waals surface area contributed by atoms with Gasteiger partial charge in [0.05, 0.1) is 17.7 Å². The first-order chi connectivity index (χ1) is 10.9. The molecule has 0 aliphatic rings. The molecule has 1 heterocycles. The maximum absolute atomic E-state index is 12.2. The molecule has 0 aliphatic carbocycles. The minimum absolute atomic E-state index is 0.0846. The Labute approximate surface area is 143 Å². The Morgan fingerprint density at radius 1 is 1.13 bits per heavy atom. The van der Waals surface area contributed by atoms with Crippen LogP contribution in [-0.2, 0) is 0 Å². The Bertz CT molecular complexity index is 728. The number of likely N-dealkylation sites (N-methyl/N-ethyl adjacent to an activating group) is 1. The van der Waals surface area contributed by atoms with Crippen LogP contribution in [-0.4, -0.2) is 42.3 Å². The second-order valence-electron chi connectivity index (χ2n) is 5.05. The third-order valence-corrected chi connectivity index (χ3v) is 3.24. The van der Waals surface area contributed by atoms with Crippen LogP contribution in [0.1, 0.15) is 20.7 Å². The van der Waals surface area contributed by atoms with Crippen molar-refractivity contribution in [1.29, 1.82) is 0 Å². The predicted octanol–water partition coefficient (Wildman–Crippen LogP) is 3.35. The Morgan fingerprint density at radius 2 is 1.74 bits per heavy atom. The maximum atomic E-state index is 12.2. The van der Waals surface area contributed by atoms with Gasteiger partial charge in [-0.2, -0.15) is 0 Å². The average molecular weight is 353 g/mol. The summed E-state index contributed by atoms with van der Waals surface area (Å²) < 4.78 is 5.32. The molecule has 2 rings (SSSR count). The van der Waals surface area contributed by atoms with Gasteiger partial charge in [-0.1, -0.05) is 35.3 Å². The van der Waals surface area contributed by atoms with Gasteiger partial charge in [0.15, 0.2) is 5.78 Å². The molecule has 0 radical (unpaired) electrons. The van der Waals surface area contributed by atoms with Crippen LogP contribution in [0.25, 0.3) is 0 Å². The van der Waals surface area contributed by atoms with Crippen molar-refractivity contribution >= 4 is 35.0 Å². The Morgan fingerprint density at radius 3 is 2.35 bits per heavy atom. The van der Waals surface area contributed by atoms with Crippen LogP contribution in [0.2, 0.25) is 10.3 Å². The number of aromatic nitrogens is 1. The van der Waals surface area contributed by atoms with E-state index in [2.05, 4.69) is 4.98 Å². The number of hydrogen-bond acceptors (Lipinski definition) is 5. The number of Topliss-reactive ketones (excluding diaryl/α,β-unsaturated/α-hetero) is 1. The number of ketones is 1. The van der Waals surface area contributed by atoms with Crippen molar-refractivity contribution in [2.45, 2.75) is 0 Å². The number of nitrogens with zero attached hydrogens (tertiary/aromatic N) is 2. The number of pyridine rings is 1. The highest BCUT2D eigenvalue weighted by atomic mass is 35.5. The lowest BCUT2D eigenvalue weighted by Crippen LogP contribution is -2.22. The van der Waals surface area contributed by atoms with Gasteiger partial charge in [-0.25, -0.2) is 9.78 Å². The first-order valence-electron chi connectivity index (χ1n) is 6.69. The fourth-order valence-corrected chi connectivity index (χ4v) is 2.36. The van der Waals surface area contributed by atoms with E-state index in [9.17, 15) is 9.59 Å². The molecule has 2 aromatic rings. The van der Waals surface area contributed by atoms with Crippen LogP contribution in [0.3, 0.4) is 0 Å². The van der Waals surface area contributed by atoms with Gasteiger partial charge in [-0.05, 0) is 38.4 Å². The topological polar surface area (TPSA) is 59.5 Å². The molecular weight excluding hydrogens is 339 g/mol. The second-order valence-corrected chi connectivity index (χ2v) is 5.82. The Hall–Kier alpha value is -1.95. The summed E-state index contributed by atoms with van der Waals surface area (Å²) in [5.41, 5.74) is 0.491. The summed E-state index contributed by atoms with van der Waals surface area (Å²) >= 11 is 11.5. The van der Waals surface area contributed by atoms with Crippen LogP contribution in [0.5, 0.6) is 5.75 Å². The largest absolute Gasteiger partial charge is 0.422 e. The first-order valence-corrected chi connectivity index (χ1v) is 7.44. The molecule has 0 saturated heterocycles. The summed E-state index contributed by atoms with van der Waals surface area (Å²) in [6.45, 7) is 0.210. The summed E-state index contributed by atoms with van der Waals surface area (Å²) in [6, 6.07) is 9.26. The minimum atomic E-state index is -0.665. The van der Waals surface area contributed by atoms with Gasteiger partial charge in [0.1, 0.15) is 16.1 Å². The van der Waals surface area contributed by atoms with E-state index >= 15 is 0 Å². The zero-order chi connectivity index (χ0) is 17.0. The smallest absolute Gasteiger partial charge is 0.343 e. The molecular formula is C16H14Cl2N2O3. The SMILES string of the molecule is CN(C)CC(=O)c1ccccc1OC(=O)c1cc(Cl)nc(Cl)c1. The number of carbonyl (C=O) groups excluding carboxylic acids is 2. The molecule has 1 aromatic heterocycles. The lowest BCUT2D eigenvalue weighted by Gasteiger charge is -2.12. The number of carbonyl (C=O) groups is 2.